The van der Waals surface area contributed by atoms with E-state index in [0.29, 0.717) is 0 Å². The average molecular weight is 460 g/mol. The third kappa shape index (κ3) is 3.78. The van der Waals surface area contributed by atoms with Crippen molar-refractivity contribution in [3.63, 3.8) is 0 Å². The van der Waals surface area contributed by atoms with E-state index < -0.39 is 54.7 Å². The van der Waals surface area contributed by atoms with Gasteiger partial charge in [0.05, 0.1) is 6.10 Å². The van der Waals surface area contributed by atoms with Crippen LogP contribution >= 0.6 is 11.3 Å². The number of aliphatic hydroxyl groups excluding tert-OH is 1. The minimum atomic E-state index is -7.91. The first-order valence-corrected chi connectivity index (χ1v) is 7.84. The van der Waals surface area contributed by atoms with Gasteiger partial charge in [-0.2, -0.15) is 68.4 Å². The molecule has 15 heteroatoms. The van der Waals surface area contributed by atoms with E-state index >= 15 is 0 Å². The summed E-state index contributed by atoms with van der Waals surface area (Å²) in [6, 6.07) is 1.12. The molecule has 0 aliphatic heterocycles. The van der Waals surface area contributed by atoms with Crippen LogP contribution in [0.15, 0.2) is 16.8 Å². The largest absolute Gasteiger partial charge is 0.460 e. The van der Waals surface area contributed by atoms with E-state index in [-0.39, 0.29) is 5.56 Å². The maximum atomic E-state index is 13.5. The van der Waals surface area contributed by atoms with Crippen molar-refractivity contribution in [1.82, 2.24) is 0 Å². The molecule has 0 aliphatic rings. The zero-order chi connectivity index (χ0) is 22.4. The van der Waals surface area contributed by atoms with E-state index in [2.05, 4.69) is 0 Å². The molecule has 0 fully saturated rings. The molecule has 1 N–H and O–H groups in total. The highest BCUT2D eigenvalue weighted by Gasteiger charge is 2.90. The highest BCUT2D eigenvalue weighted by Crippen LogP contribution is 2.60. The molecule has 0 amide bonds. The molecule has 164 valence electrons. The zero-order valence-corrected chi connectivity index (χ0v) is 13.8. The molecule has 1 rings (SSSR count). The van der Waals surface area contributed by atoms with Gasteiger partial charge in [0, 0.05) is 6.42 Å². The van der Waals surface area contributed by atoms with Gasteiger partial charge >= 0.3 is 35.8 Å². The van der Waals surface area contributed by atoms with Crippen molar-refractivity contribution in [2.24, 2.45) is 0 Å². The Balaban J connectivity index is 3.18. The van der Waals surface area contributed by atoms with Gasteiger partial charge in [0.2, 0.25) is 0 Å². The number of rotatable bonds is 8. The summed E-state index contributed by atoms with van der Waals surface area (Å²) in [5.41, 5.74) is -0.121. The maximum Gasteiger partial charge on any atom is 0.460 e. The third-order valence-electron chi connectivity index (χ3n) is 3.66. The summed E-state index contributed by atoms with van der Waals surface area (Å²) in [7, 11) is 0. The highest BCUT2D eigenvalue weighted by molar-refractivity contribution is 7.07. The lowest BCUT2D eigenvalue weighted by molar-refractivity contribution is -0.440. The lowest BCUT2D eigenvalue weighted by Crippen LogP contribution is -2.70. The minimum Gasteiger partial charge on any atom is -0.388 e. The summed E-state index contributed by atoms with van der Waals surface area (Å²) in [5, 5.41) is 11.9. The molecule has 0 saturated heterocycles. The summed E-state index contributed by atoms with van der Waals surface area (Å²) < 4.78 is 168. The molecule has 0 radical (unpaired) electrons. The first kappa shape index (κ1) is 24.8. The van der Waals surface area contributed by atoms with Crippen molar-refractivity contribution in [1.29, 1.82) is 0 Å². The third-order valence-corrected chi connectivity index (χ3v) is 4.36. The van der Waals surface area contributed by atoms with Crippen molar-refractivity contribution in [3.05, 3.63) is 22.4 Å². The van der Waals surface area contributed by atoms with E-state index in [1.54, 1.807) is 0 Å². The Bertz CT molecular complexity index is 650. The molecule has 1 heterocycles. The molecule has 0 aromatic carbocycles. The van der Waals surface area contributed by atoms with Crippen molar-refractivity contribution in [3.8, 4) is 0 Å². The van der Waals surface area contributed by atoms with E-state index in [0.717, 1.165) is 22.8 Å². The highest BCUT2D eigenvalue weighted by atomic mass is 32.1. The van der Waals surface area contributed by atoms with Crippen LogP contribution in [0.2, 0.25) is 0 Å². The van der Waals surface area contributed by atoms with Gasteiger partial charge in [-0.05, 0) is 28.8 Å². The van der Waals surface area contributed by atoms with Crippen LogP contribution in [0.1, 0.15) is 24.5 Å². The lowest BCUT2D eigenvalue weighted by Gasteiger charge is -2.39. The predicted molar refractivity (Wildman–Crippen MR) is 69.3 cm³/mol. The molecule has 0 saturated carbocycles. The molecule has 28 heavy (non-hydrogen) atoms. The van der Waals surface area contributed by atoms with Gasteiger partial charge in [0.25, 0.3) is 0 Å². The monoisotopic (exact) mass is 460 g/mol. The molecule has 0 bridgehead atoms. The summed E-state index contributed by atoms with van der Waals surface area (Å²) in [5.74, 6) is -36.9. The molecule has 1 aromatic rings. The summed E-state index contributed by atoms with van der Waals surface area (Å²) >= 11 is 0.915. The average Bonchev–Trinajstić information content (AvgIpc) is 3.05. The first-order valence-electron chi connectivity index (χ1n) is 6.90. The van der Waals surface area contributed by atoms with Gasteiger partial charge in [-0.1, -0.05) is 0 Å². The minimum absolute atomic E-state index is 0.121. The summed E-state index contributed by atoms with van der Waals surface area (Å²) in [4.78, 5) is 0. The van der Waals surface area contributed by atoms with Crippen LogP contribution in [-0.4, -0.2) is 40.9 Å². The second kappa shape index (κ2) is 7.22. The molecule has 1 nitrogen and oxygen atoms in total. The fourth-order valence-corrected chi connectivity index (χ4v) is 2.62. The fourth-order valence-electron chi connectivity index (χ4n) is 1.91. The Morgan fingerprint density at radius 1 is 0.750 bits per heavy atom. The van der Waals surface area contributed by atoms with Crippen LogP contribution in [0, 0.1) is 0 Å². The van der Waals surface area contributed by atoms with Gasteiger partial charge in [-0.3, -0.25) is 0 Å². The Hall–Kier alpha value is -1.25. The van der Waals surface area contributed by atoms with Crippen molar-refractivity contribution in [2.45, 2.75) is 54.7 Å². The van der Waals surface area contributed by atoms with Crippen LogP contribution in [0.5, 0.6) is 0 Å². The molecule has 0 aliphatic carbocycles. The maximum absolute atomic E-state index is 13.5. The summed E-state index contributed by atoms with van der Waals surface area (Å²) in [6.45, 7) is 0. The Kier molecular flexibility index (Phi) is 6.39. The van der Waals surface area contributed by atoms with E-state index in [1.165, 1.54) is 5.38 Å². The second-order valence-electron chi connectivity index (χ2n) is 5.61. The molecular weight excluding hydrogens is 451 g/mol. The normalized spacial score (nSPS) is 16.4. The Labute approximate surface area is 151 Å². The Morgan fingerprint density at radius 3 is 1.61 bits per heavy atom. The number of aliphatic hydroxyl groups is 1. The van der Waals surface area contributed by atoms with Crippen molar-refractivity contribution in [2.75, 3.05) is 0 Å². The van der Waals surface area contributed by atoms with E-state index in [1.807, 2.05) is 0 Å². The molecular formula is C13H9F13OS. The van der Waals surface area contributed by atoms with Crippen LogP contribution in [-0.2, 0) is 0 Å². The smallest absolute Gasteiger partial charge is 0.388 e. The van der Waals surface area contributed by atoms with Crippen LogP contribution in [0.4, 0.5) is 57.1 Å². The Morgan fingerprint density at radius 2 is 1.21 bits per heavy atom. The number of hydrogen-bond acceptors (Lipinski definition) is 2. The molecule has 1 unspecified atom stereocenters. The number of hydrogen-bond donors (Lipinski definition) is 1. The van der Waals surface area contributed by atoms with Gasteiger partial charge in [-0.25, -0.2) is 0 Å². The zero-order valence-electron chi connectivity index (χ0n) is 13.0. The fraction of sp³-hybridized carbons (Fsp3) is 0.692. The van der Waals surface area contributed by atoms with Crippen molar-refractivity contribution >= 4 is 11.3 Å². The first-order chi connectivity index (χ1) is 12.2. The standard InChI is InChI=1S/C13H9F13OS/c14-8(15,3-1-7(27)6-2-4-28-5-6)9(16,17)10(18,19)11(20,21)12(22,23)13(24,25)26/h2,4-5,7,27H,1,3H2. The van der Waals surface area contributed by atoms with Crippen LogP contribution in [0.3, 0.4) is 0 Å². The SMILES string of the molecule is OC(CCC(F)(F)C(F)(F)C(F)(F)C(F)(F)C(F)(F)C(F)(F)F)c1ccsc1. The van der Waals surface area contributed by atoms with Crippen LogP contribution in [0.25, 0.3) is 0 Å². The number of thiophene rings is 1. The topological polar surface area (TPSA) is 20.2 Å². The lowest BCUT2D eigenvalue weighted by atomic mass is 9.91. The van der Waals surface area contributed by atoms with Gasteiger partial charge in [0.15, 0.2) is 0 Å². The van der Waals surface area contributed by atoms with E-state index in [4.69, 9.17) is 0 Å². The van der Waals surface area contributed by atoms with Gasteiger partial charge in [-0.15, -0.1) is 0 Å². The van der Waals surface area contributed by atoms with E-state index in [9.17, 15) is 62.2 Å². The van der Waals surface area contributed by atoms with Gasteiger partial charge in [0.1, 0.15) is 0 Å². The molecule has 0 spiro atoms. The number of halogens is 13. The molecule has 1 aromatic heterocycles. The predicted octanol–water partition coefficient (Wildman–Crippen LogP) is 6.30. The number of alkyl halides is 13. The van der Waals surface area contributed by atoms with Crippen molar-refractivity contribution < 1.29 is 62.2 Å². The summed E-state index contributed by atoms with van der Waals surface area (Å²) in [6.07, 6.45) is -13.2. The second-order valence-corrected chi connectivity index (χ2v) is 6.39. The van der Waals surface area contributed by atoms with Crippen LogP contribution < -0.4 is 0 Å². The quantitative estimate of drug-likeness (QED) is 0.452. The van der Waals surface area contributed by atoms with Gasteiger partial charge < -0.3 is 5.11 Å². The molecule has 1 atom stereocenters.